The molecule has 0 aliphatic heterocycles. The van der Waals surface area contributed by atoms with Gasteiger partial charge in [0.25, 0.3) is 0 Å². The number of rotatable bonds is 8. The molecule has 0 aliphatic rings. The fourth-order valence-electron chi connectivity index (χ4n) is 4.20. The largest absolute Gasteiger partial charge is 0.394 e. The lowest BCUT2D eigenvalue weighted by atomic mass is 9.65. The van der Waals surface area contributed by atoms with Crippen molar-refractivity contribution in [1.29, 1.82) is 0 Å². The van der Waals surface area contributed by atoms with Gasteiger partial charge in [0.2, 0.25) is 0 Å². The summed E-state index contributed by atoms with van der Waals surface area (Å²) in [6.07, 6.45) is -0.781. The average Bonchev–Trinajstić information content (AvgIpc) is 2.86. The molecule has 0 fully saturated rings. The van der Waals surface area contributed by atoms with Crippen LogP contribution in [0.25, 0.3) is 0 Å². The zero-order valence-corrected chi connectivity index (χ0v) is 17.4. The average molecular weight is 410 g/mol. The normalized spacial score (nSPS) is 12.3. The van der Waals surface area contributed by atoms with Crippen LogP contribution in [0.1, 0.15) is 22.3 Å². The summed E-state index contributed by atoms with van der Waals surface area (Å²) >= 11 is 0. The van der Waals surface area contributed by atoms with Gasteiger partial charge in [-0.05, 0) is 34.4 Å². The third kappa shape index (κ3) is 4.24. The van der Waals surface area contributed by atoms with Gasteiger partial charge < -0.3 is 15.5 Å². The number of hydrogen-bond acceptors (Lipinski definition) is 3. The molecule has 0 aliphatic carbocycles. The number of nitrogens with one attached hydrogen (secondary N) is 1. The summed E-state index contributed by atoms with van der Waals surface area (Å²) in [4.78, 5) is 0. The minimum Gasteiger partial charge on any atom is -0.394 e. The summed E-state index contributed by atoms with van der Waals surface area (Å²) in [5.74, 6) is 0. The molecule has 0 radical (unpaired) electrons. The van der Waals surface area contributed by atoms with Crippen molar-refractivity contribution < 1.29 is 10.2 Å². The van der Waals surface area contributed by atoms with Crippen molar-refractivity contribution in [2.75, 3.05) is 18.5 Å². The third-order valence-electron chi connectivity index (χ3n) is 5.69. The van der Waals surface area contributed by atoms with Gasteiger partial charge in [-0.25, -0.2) is 0 Å². The predicted molar refractivity (Wildman–Crippen MR) is 126 cm³/mol. The molecule has 3 N–H and O–H groups in total. The molecule has 0 spiro atoms. The van der Waals surface area contributed by atoms with Crippen LogP contribution in [0, 0.1) is 0 Å². The molecule has 0 amide bonds. The Labute approximate surface area is 183 Å². The molecule has 31 heavy (non-hydrogen) atoms. The molecule has 0 saturated carbocycles. The Hall–Kier alpha value is -3.40. The molecule has 1 unspecified atom stereocenters. The van der Waals surface area contributed by atoms with E-state index in [-0.39, 0.29) is 6.61 Å². The highest BCUT2D eigenvalue weighted by Gasteiger charge is 2.37. The molecular weight excluding hydrogens is 382 g/mol. The standard InChI is InChI=1S/C28H27NO2/c30-21-27(31)20-29-26-18-16-25(17-19-26)28(22-10-4-1-5-11-22,23-12-6-2-7-13-23)24-14-8-3-9-15-24/h1-19,27,29-31H,20-21H2. The van der Waals surface area contributed by atoms with E-state index in [2.05, 4.69) is 90.2 Å². The maximum absolute atomic E-state index is 9.64. The first kappa shape index (κ1) is 20.9. The van der Waals surface area contributed by atoms with E-state index in [1.54, 1.807) is 0 Å². The summed E-state index contributed by atoms with van der Waals surface area (Å²) in [5, 5.41) is 21.9. The third-order valence-corrected chi connectivity index (χ3v) is 5.69. The Morgan fingerprint density at radius 2 is 0.968 bits per heavy atom. The van der Waals surface area contributed by atoms with Gasteiger partial charge in [-0.15, -0.1) is 0 Å². The zero-order chi connectivity index (χ0) is 21.5. The van der Waals surface area contributed by atoms with Gasteiger partial charge in [-0.1, -0.05) is 103 Å². The van der Waals surface area contributed by atoms with Crippen molar-refractivity contribution in [2.24, 2.45) is 0 Å². The van der Waals surface area contributed by atoms with Crippen LogP contribution in [0.3, 0.4) is 0 Å². The second-order valence-electron chi connectivity index (χ2n) is 7.64. The molecule has 3 nitrogen and oxygen atoms in total. The van der Waals surface area contributed by atoms with Crippen LogP contribution in [-0.4, -0.2) is 29.5 Å². The van der Waals surface area contributed by atoms with Crippen LogP contribution in [0.2, 0.25) is 0 Å². The zero-order valence-electron chi connectivity index (χ0n) is 17.4. The maximum Gasteiger partial charge on any atom is 0.0942 e. The van der Waals surface area contributed by atoms with Gasteiger partial charge in [0.1, 0.15) is 0 Å². The minimum atomic E-state index is -0.781. The molecule has 0 aromatic heterocycles. The molecule has 4 aromatic rings. The second kappa shape index (κ2) is 9.61. The Kier molecular flexibility index (Phi) is 6.46. The highest BCUT2D eigenvalue weighted by Crippen LogP contribution is 2.45. The van der Waals surface area contributed by atoms with Gasteiger partial charge in [0.15, 0.2) is 0 Å². The highest BCUT2D eigenvalue weighted by atomic mass is 16.3. The fraction of sp³-hybridized carbons (Fsp3) is 0.143. The number of aliphatic hydroxyl groups is 2. The van der Waals surface area contributed by atoms with Gasteiger partial charge in [-0.3, -0.25) is 0 Å². The molecule has 156 valence electrons. The minimum absolute atomic E-state index is 0.260. The van der Waals surface area contributed by atoms with Crippen molar-refractivity contribution in [3.63, 3.8) is 0 Å². The summed E-state index contributed by atoms with van der Waals surface area (Å²) in [7, 11) is 0. The van der Waals surface area contributed by atoms with Gasteiger partial charge in [0.05, 0.1) is 18.1 Å². The summed E-state index contributed by atoms with van der Waals surface area (Å²) in [6.45, 7) is 0.0429. The van der Waals surface area contributed by atoms with E-state index in [0.717, 1.165) is 11.3 Å². The topological polar surface area (TPSA) is 52.5 Å². The smallest absolute Gasteiger partial charge is 0.0942 e. The van der Waals surface area contributed by atoms with Crippen molar-refractivity contribution in [2.45, 2.75) is 11.5 Å². The first-order valence-electron chi connectivity index (χ1n) is 10.5. The number of benzene rings is 4. The molecule has 0 saturated heterocycles. The Morgan fingerprint density at radius 1 is 0.581 bits per heavy atom. The molecule has 3 heteroatoms. The van der Waals surface area contributed by atoms with Crippen molar-refractivity contribution in [3.05, 3.63) is 138 Å². The van der Waals surface area contributed by atoms with Gasteiger partial charge in [0, 0.05) is 12.2 Å². The lowest BCUT2D eigenvalue weighted by molar-refractivity contribution is 0.105. The maximum atomic E-state index is 9.64. The molecule has 0 heterocycles. The molecular formula is C28H27NO2. The van der Waals surface area contributed by atoms with Crippen LogP contribution >= 0.6 is 0 Å². The van der Waals surface area contributed by atoms with Crippen LogP contribution < -0.4 is 5.32 Å². The quantitative estimate of drug-likeness (QED) is 0.365. The Balaban J connectivity index is 1.89. The van der Waals surface area contributed by atoms with E-state index in [1.165, 1.54) is 16.7 Å². The number of anilines is 1. The summed E-state index contributed by atoms with van der Waals surface area (Å²) in [5.41, 5.74) is 5.19. The van der Waals surface area contributed by atoms with E-state index in [0.29, 0.717) is 6.54 Å². The number of hydrogen-bond donors (Lipinski definition) is 3. The van der Waals surface area contributed by atoms with E-state index in [4.69, 9.17) is 5.11 Å². The van der Waals surface area contributed by atoms with Gasteiger partial charge in [-0.2, -0.15) is 0 Å². The second-order valence-corrected chi connectivity index (χ2v) is 7.64. The van der Waals surface area contributed by atoms with Crippen LogP contribution in [-0.2, 0) is 5.41 Å². The molecule has 1 atom stereocenters. The van der Waals surface area contributed by atoms with Gasteiger partial charge >= 0.3 is 0 Å². The van der Waals surface area contributed by atoms with E-state index in [1.807, 2.05) is 30.3 Å². The van der Waals surface area contributed by atoms with E-state index in [9.17, 15) is 5.11 Å². The van der Waals surface area contributed by atoms with Crippen molar-refractivity contribution in [3.8, 4) is 0 Å². The lowest BCUT2D eigenvalue weighted by Gasteiger charge is -2.37. The van der Waals surface area contributed by atoms with Crippen LogP contribution in [0.4, 0.5) is 5.69 Å². The molecule has 0 bridgehead atoms. The highest BCUT2D eigenvalue weighted by molar-refractivity contribution is 5.61. The summed E-state index contributed by atoms with van der Waals surface area (Å²) in [6, 6.07) is 40.1. The summed E-state index contributed by atoms with van der Waals surface area (Å²) < 4.78 is 0. The van der Waals surface area contributed by atoms with E-state index < -0.39 is 11.5 Å². The van der Waals surface area contributed by atoms with Crippen molar-refractivity contribution >= 4 is 5.69 Å². The monoisotopic (exact) mass is 409 g/mol. The Morgan fingerprint density at radius 3 is 1.35 bits per heavy atom. The SMILES string of the molecule is OCC(O)CNc1ccc(C(c2ccccc2)(c2ccccc2)c2ccccc2)cc1. The van der Waals surface area contributed by atoms with Crippen LogP contribution in [0.15, 0.2) is 115 Å². The number of aliphatic hydroxyl groups excluding tert-OH is 2. The Bertz CT molecular complexity index is 968. The lowest BCUT2D eigenvalue weighted by Crippen LogP contribution is -2.31. The van der Waals surface area contributed by atoms with E-state index >= 15 is 0 Å². The van der Waals surface area contributed by atoms with Crippen LogP contribution in [0.5, 0.6) is 0 Å². The predicted octanol–water partition coefficient (Wildman–Crippen LogP) is 4.83. The fourth-order valence-corrected chi connectivity index (χ4v) is 4.20. The first-order chi connectivity index (χ1) is 15.2. The van der Waals surface area contributed by atoms with Crippen molar-refractivity contribution in [1.82, 2.24) is 0 Å². The first-order valence-corrected chi connectivity index (χ1v) is 10.5. The molecule has 4 aromatic carbocycles. The molecule has 4 rings (SSSR count).